The summed E-state index contributed by atoms with van der Waals surface area (Å²) in [6.07, 6.45) is 0. The highest BCUT2D eigenvalue weighted by molar-refractivity contribution is 5.83. The largest absolute Gasteiger partial charge is 0.335 e. The number of carbonyl (C=O) groups excluding carboxylic acids is 1. The molecule has 1 rings (SSSR count). The third kappa shape index (κ3) is 2.55. The lowest BCUT2D eigenvalue weighted by atomic mass is 9.84. The van der Waals surface area contributed by atoms with Gasteiger partial charge in [-0.15, -0.1) is 0 Å². The molecule has 3 atom stereocenters. The lowest BCUT2D eigenvalue weighted by Gasteiger charge is -2.48. The average molecular weight is 227 g/mol. The maximum absolute atomic E-state index is 12.1. The van der Waals surface area contributed by atoms with Gasteiger partial charge < -0.3 is 16.0 Å². The van der Waals surface area contributed by atoms with Gasteiger partial charge in [-0.2, -0.15) is 0 Å². The van der Waals surface area contributed by atoms with Crippen molar-refractivity contribution in [2.75, 3.05) is 13.1 Å². The maximum atomic E-state index is 12.1. The van der Waals surface area contributed by atoms with Crippen molar-refractivity contribution >= 4 is 5.91 Å². The minimum atomic E-state index is -0.405. The smallest absolute Gasteiger partial charge is 0.240 e. The van der Waals surface area contributed by atoms with Crippen LogP contribution in [-0.4, -0.2) is 42.0 Å². The molecule has 1 amide bonds. The van der Waals surface area contributed by atoms with Gasteiger partial charge in [-0.25, -0.2) is 0 Å². The minimum Gasteiger partial charge on any atom is -0.335 e. The van der Waals surface area contributed by atoms with Gasteiger partial charge in [0.05, 0.1) is 6.04 Å². The first-order chi connectivity index (χ1) is 7.29. The van der Waals surface area contributed by atoms with Gasteiger partial charge in [0.15, 0.2) is 0 Å². The highest BCUT2D eigenvalue weighted by atomic mass is 16.2. The fourth-order valence-electron chi connectivity index (χ4n) is 1.95. The molecule has 1 saturated heterocycles. The average Bonchev–Trinajstić information content (AvgIpc) is 2.19. The van der Waals surface area contributed by atoms with Crippen LogP contribution in [0.25, 0.3) is 0 Å². The topological polar surface area (TPSA) is 58.4 Å². The number of hydrogen-bond donors (Lipinski definition) is 2. The van der Waals surface area contributed by atoms with E-state index in [0.717, 1.165) is 13.1 Å². The molecule has 4 nitrogen and oxygen atoms in total. The molecule has 0 bridgehead atoms. The monoisotopic (exact) mass is 227 g/mol. The van der Waals surface area contributed by atoms with Gasteiger partial charge in [-0.1, -0.05) is 27.7 Å². The molecule has 0 aliphatic carbocycles. The van der Waals surface area contributed by atoms with Crippen LogP contribution >= 0.6 is 0 Å². The van der Waals surface area contributed by atoms with Gasteiger partial charge >= 0.3 is 0 Å². The SMILES string of the molecule is CCN[C@@H]1CN(C(=O)[C@@H](N)C(C)(C)C)C1C. The van der Waals surface area contributed by atoms with Gasteiger partial charge in [-0.05, 0) is 18.9 Å². The summed E-state index contributed by atoms with van der Waals surface area (Å²) >= 11 is 0. The lowest BCUT2D eigenvalue weighted by Crippen LogP contribution is -2.69. The minimum absolute atomic E-state index is 0.0779. The molecule has 3 N–H and O–H groups in total. The molecule has 0 saturated carbocycles. The second-order valence-corrected chi connectivity index (χ2v) is 5.74. The first-order valence-corrected chi connectivity index (χ1v) is 6.08. The normalized spacial score (nSPS) is 27.5. The van der Waals surface area contributed by atoms with E-state index in [2.05, 4.69) is 19.2 Å². The fraction of sp³-hybridized carbons (Fsp3) is 0.917. The number of carbonyl (C=O) groups is 1. The molecule has 1 unspecified atom stereocenters. The summed E-state index contributed by atoms with van der Waals surface area (Å²) in [7, 11) is 0. The molecule has 0 aromatic rings. The van der Waals surface area contributed by atoms with E-state index < -0.39 is 6.04 Å². The Morgan fingerprint density at radius 1 is 1.56 bits per heavy atom. The van der Waals surface area contributed by atoms with Crippen molar-refractivity contribution in [1.82, 2.24) is 10.2 Å². The molecule has 16 heavy (non-hydrogen) atoms. The molecule has 94 valence electrons. The van der Waals surface area contributed by atoms with E-state index in [-0.39, 0.29) is 17.4 Å². The van der Waals surface area contributed by atoms with Gasteiger partial charge in [0, 0.05) is 18.6 Å². The van der Waals surface area contributed by atoms with Crippen LogP contribution in [0, 0.1) is 5.41 Å². The predicted molar refractivity (Wildman–Crippen MR) is 66.1 cm³/mol. The van der Waals surface area contributed by atoms with E-state index in [1.165, 1.54) is 0 Å². The zero-order valence-corrected chi connectivity index (χ0v) is 11.1. The van der Waals surface area contributed by atoms with Crippen molar-refractivity contribution in [3.05, 3.63) is 0 Å². The summed E-state index contributed by atoms with van der Waals surface area (Å²) in [4.78, 5) is 14.0. The lowest BCUT2D eigenvalue weighted by molar-refractivity contribution is -0.144. The van der Waals surface area contributed by atoms with Crippen LogP contribution < -0.4 is 11.1 Å². The molecule has 0 spiro atoms. The zero-order valence-electron chi connectivity index (χ0n) is 11.1. The first kappa shape index (κ1) is 13.5. The molecule has 1 aliphatic rings. The number of rotatable bonds is 3. The standard InChI is InChI=1S/C12H25N3O/c1-6-14-9-7-15(8(9)2)11(16)10(13)12(3,4)5/h8-10,14H,6-7,13H2,1-5H3/t8?,9-,10-/m1/s1. The van der Waals surface area contributed by atoms with E-state index in [0.29, 0.717) is 6.04 Å². The second-order valence-electron chi connectivity index (χ2n) is 5.74. The van der Waals surface area contributed by atoms with E-state index in [9.17, 15) is 4.79 Å². The molecule has 1 aliphatic heterocycles. The van der Waals surface area contributed by atoms with E-state index >= 15 is 0 Å². The van der Waals surface area contributed by atoms with Crippen LogP contribution in [0.2, 0.25) is 0 Å². The van der Waals surface area contributed by atoms with Crippen LogP contribution in [0.4, 0.5) is 0 Å². The first-order valence-electron chi connectivity index (χ1n) is 6.08. The zero-order chi connectivity index (χ0) is 12.5. The van der Waals surface area contributed by atoms with Crippen molar-refractivity contribution < 1.29 is 4.79 Å². The molecule has 1 heterocycles. The van der Waals surface area contributed by atoms with Crippen molar-refractivity contribution in [1.29, 1.82) is 0 Å². The van der Waals surface area contributed by atoms with Crippen LogP contribution in [0.3, 0.4) is 0 Å². The Hall–Kier alpha value is -0.610. The summed E-state index contributed by atoms with van der Waals surface area (Å²) in [5.74, 6) is 0.0779. The van der Waals surface area contributed by atoms with E-state index in [1.807, 2.05) is 25.7 Å². The summed E-state index contributed by atoms with van der Waals surface area (Å²) in [6, 6.07) is 0.291. The Morgan fingerprint density at radius 3 is 2.50 bits per heavy atom. The van der Waals surface area contributed by atoms with Crippen molar-refractivity contribution in [2.45, 2.75) is 52.7 Å². The Labute approximate surface area is 98.6 Å². The molecule has 0 radical (unpaired) electrons. The van der Waals surface area contributed by atoms with Crippen molar-refractivity contribution in [3.8, 4) is 0 Å². The Kier molecular flexibility index (Phi) is 3.97. The number of amides is 1. The number of likely N-dealkylation sites (tertiary alicyclic amines) is 1. The van der Waals surface area contributed by atoms with Crippen molar-refractivity contribution in [3.63, 3.8) is 0 Å². The quantitative estimate of drug-likeness (QED) is 0.741. The molecular formula is C12H25N3O. The second kappa shape index (κ2) is 4.72. The summed E-state index contributed by atoms with van der Waals surface area (Å²) < 4.78 is 0. The van der Waals surface area contributed by atoms with Gasteiger partial charge in [-0.3, -0.25) is 4.79 Å². The van der Waals surface area contributed by atoms with E-state index in [4.69, 9.17) is 5.73 Å². The third-order valence-electron chi connectivity index (χ3n) is 3.42. The molecule has 0 aromatic heterocycles. The predicted octanol–water partition coefficient (Wildman–Crippen LogP) is 0.569. The summed E-state index contributed by atoms with van der Waals surface area (Å²) in [5, 5.41) is 3.36. The molecule has 1 fully saturated rings. The van der Waals surface area contributed by atoms with E-state index in [1.54, 1.807) is 0 Å². The molecular weight excluding hydrogens is 202 g/mol. The Bertz CT molecular complexity index is 259. The highest BCUT2D eigenvalue weighted by Gasteiger charge is 2.42. The number of hydrogen-bond acceptors (Lipinski definition) is 3. The van der Waals surface area contributed by atoms with Gasteiger partial charge in [0.25, 0.3) is 0 Å². The van der Waals surface area contributed by atoms with Crippen LogP contribution in [0.1, 0.15) is 34.6 Å². The Morgan fingerprint density at radius 2 is 2.12 bits per heavy atom. The molecule has 0 aromatic carbocycles. The van der Waals surface area contributed by atoms with Gasteiger partial charge in [0.2, 0.25) is 5.91 Å². The van der Waals surface area contributed by atoms with Crippen molar-refractivity contribution in [2.24, 2.45) is 11.1 Å². The van der Waals surface area contributed by atoms with Crippen LogP contribution in [0.5, 0.6) is 0 Å². The number of nitrogens with one attached hydrogen (secondary N) is 1. The van der Waals surface area contributed by atoms with Crippen LogP contribution in [0.15, 0.2) is 0 Å². The number of nitrogens with two attached hydrogens (primary N) is 1. The van der Waals surface area contributed by atoms with Crippen LogP contribution in [-0.2, 0) is 4.79 Å². The summed E-state index contributed by atoms with van der Waals surface area (Å²) in [6.45, 7) is 11.9. The summed E-state index contributed by atoms with van der Waals surface area (Å²) in [5.41, 5.74) is 5.81. The highest BCUT2D eigenvalue weighted by Crippen LogP contribution is 2.24. The fourth-order valence-corrected chi connectivity index (χ4v) is 1.95. The third-order valence-corrected chi connectivity index (χ3v) is 3.42. The van der Waals surface area contributed by atoms with Gasteiger partial charge in [0.1, 0.15) is 0 Å². The number of likely N-dealkylation sites (N-methyl/N-ethyl adjacent to an activating group) is 1. The number of nitrogens with zero attached hydrogens (tertiary/aromatic N) is 1. The Balaban J connectivity index is 2.53. The maximum Gasteiger partial charge on any atom is 0.240 e. The molecule has 4 heteroatoms.